The number of nitrogens with one attached hydrogen (secondary N) is 1. The number of benzene rings is 1. The van der Waals surface area contributed by atoms with Crippen molar-refractivity contribution in [3.63, 3.8) is 0 Å². The first-order valence-electron chi connectivity index (χ1n) is 10.6. The molecule has 2 aromatic rings. The molecule has 168 valence electrons. The SMILES string of the molecule is O=C(NCc1ccc(F)cc1F)c1cn2c(cc1=O)C(=O)N1CC[C@@H]3CCCN3[C@@]1(O)C2. The molecule has 3 aliphatic rings. The third kappa shape index (κ3) is 3.21. The number of carbonyl (C=O) groups is 2. The summed E-state index contributed by atoms with van der Waals surface area (Å²) in [7, 11) is 0. The molecule has 2 fully saturated rings. The fourth-order valence-corrected chi connectivity index (χ4v) is 5.02. The van der Waals surface area contributed by atoms with Gasteiger partial charge in [-0.05, 0) is 25.3 Å². The Morgan fingerprint density at radius 2 is 2.00 bits per heavy atom. The van der Waals surface area contributed by atoms with Crippen molar-refractivity contribution in [2.45, 2.75) is 44.2 Å². The predicted octanol–water partition coefficient (Wildman–Crippen LogP) is 1.03. The van der Waals surface area contributed by atoms with Crippen LogP contribution in [0.4, 0.5) is 8.78 Å². The van der Waals surface area contributed by atoms with Crippen LogP contribution in [-0.4, -0.2) is 56.3 Å². The maximum Gasteiger partial charge on any atom is 0.273 e. The van der Waals surface area contributed by atoms with E-state index in [4.69, 9.17) is 0 Å². The fourth-order valence-electron chi connectivity index (χ4n) is 5.02. The topological polar surface area (TPSA) is 94.9 Å². The van der Waals surface area contributed by atoms with E-state index in [1.165, 1.54) is 21.7 Å². The quantitative estimate of drug-likeness (QED) is 0.738. The maximum atomic E-state index is 13.8. The zero-order chi connectivity index (χ0) is 22.6. The molecule has 32 heavy (non-hydrogen) atoms. The van der Waals surface area contributed by atoms with Crippen molar-refractivity contribution in [2.75, 3.05) is 13.1 Å². The number of pyridine rings is 1. The van der Waals surface area contributed by atoms with Crippen LogP contribution in [0.1, 0.15) is 45.7 Å². The minimum absolute atomic E-state index is 0.0116. The lowest BCUT2D eigenvalue weighted by atomic mass is 10.0. The van der Waals surface area contributed by atoms with Gasteiger partial charge in [0, 0.05) is 49.6 Å². The summed E-state index contributed by atoms with van der Waals surface area (Å²) in [5.74, 6) is -4.26. The van der Waals surface area contributed by atoms with Crippen molar-refractivity contribution >= 4 is 11.8 Å². The van der Waals surface area contributed by atoms with E-state index >= 15 is 0 Å². The van der Waals surface area contributed by atoms with Crippen molar-refractivity contribution in [1.29, 1.82) is 0 Å². The number of amides is 2. The molecule has 8 nitrogen and oxygen atoms in total. The average Bonchev–Trinajstić information content (AvgIpc) is 3.23. The van der Waals surface area contributed by atoms with E-state index < -0.39 is 34.7 Å². The van der Waals surface area contributed by atoms with E-state index in [1.807, 2.05) is 4.90 Å². The summed E-state index contributed by atoms with van der Waals surface area (Å²) in [5.41, 5.74) is -0.697. The largest absolute Gasteiger partial charge is 0.357 e. The van der Waals surface area contributed by atoms with Gasteiger partial charge in [-0.1, -0.05) is 6.07 Å². The molecular weight excluding hydrogens is 422 g/mol. The fraction of sp³-hybridized carbons (Fsp3) is 0.409. The van der Waals surface area contributed by atoms with Crippen LogP contribution >= 0.6 is 0 Å². The monoisotopic (exact) mass is 444 g/mol. The minimum atomic E-state index is -1.51. The smallest absolute Gasteiger partial charge is 0.273 e. The first-order valence-corrected chi connectivity index (χ1v) is 10.6. The number of aromatic nitrogens is 1. The van der Waals surface area contributed by atoms with Crippen LogP contribution in [0.3, 0.4) is 0 Å². The summed E-state index contributed by atoms with van der Waals surface area (Å²) in [4.78, 5) is 41.6. The molecular formula is C22H22F2N4O4. The molecule has 0 unspecified atom stereocenters. The van der Waals surface area contributed by atoms with Crippen LogP contribution in [0.15, 0.2) is 35.3 Å². The highest BCUT2D eigenvalue weighted by Crippen LogP contribution is 2.38. The van der Waals surface area contributed by atoms with Gasteiger partial charge in [0.05, 0.1) is 6.54 Å². The summed E-state index contributed by atoms with van der Waals surface area (Å²) in [5, 5.41) is 13.9. The van der Waals surface area contributed by atoms with Gasteiger partial charge in [-0.25, -0.2) is 8.78 Å². The van der Waals surface area contributed by atoms with Crippen LogP contribution in [-0.2, 0) is 13.1 Å². The molecule has 2 saturated heterocycles. The van der Waals surface area contributed by atoms with Crippen molar-refractivity contribution in [3.05, 3.63) is 69.1 Å². The Balaban J connectivity index is 1.43. The van der Waals surface area contributed by atoms with Gasteiger partial charge in [-0.2, -0.15) is 0 Å². The Hall–Kier alpha value is -3.11. The molecule has 2 atom stereocenters. The van der Waals surface area contributed by atoms with Crippen molar-refractivity contribution in [3.8, 4) is 0 Å². The molecule has 10 heteroatoms. The van der Waals surface area contributed by atoms with E-state index in [-0.39, 0.29) is 36.0 Å². The molecule has 0 saturated carbocycles. The molecule has 1 aromatic heterocycles. The second-order valence-corrected chi connectivity index (χ2v) is 8.49. The van der Waals surface area contributed by atoms with E-state index in [1.54, 1.807) is 0 Å². The Labute approximate surface area is 182 Å². The molecule has 5 rings (SSSR count). The van der Waals surface area contributed by atoms with Gasteiger partial charge in [0.1, 0.15) is 22.9 Å². The third-order valence-electron chi connectivity index (χ3n) is 6.63. The lowest BCUT2D eigenvalue weighted by Crippen LogP contribution is -2.71. The highest BCUT2D eigenvalue weighted by Gasteiger charge is 2.54. The molecule has 2 amide bonds. The molecule has 2 N–H and O–H groups in total. The molecule has 3 aliphatic heterocycles. The van der Waals surface area contributed by atoms with Gasteiger partial charge in [0.15, 0.2) is 5.43 Å². The number of hydrogen-bond donors (Lipinski definition) is 2. The van der Waals surface area contributed by atoms with Gasteiger partial charge >= 0.3 is 0 Å². The first kappa shape index (κ1) is 20.8. The summed E-state index contributed by atoms with van der Waals surface area (Å²) in [6, 6.07) is 4.29. The zero-order valence-corrected chi connectivity index (χ0v) is 17.2. The Bertz CT molecular complexity index is 1180. The van der Waals surface area contributed by atoms with Crippen LogP contribution in [0.25, 0.3) is 0 Å². The van der Waals surface area contributed by atoms with Gasteiger partial charge in [-0.3, -0.25) is 24.2 Å². The zero-order valence-electron chi connectivity index (χ0n) is 17.2. The highest BCUT2D eigenvalue weighted by atomic mass is 19.1. The summed E-state index contributed by atoms with van der Waals surface area (Å²) >= 11 is 0. The number of halogens is 2. The highest BCUT2D eigenvalue weighted by molar-refractivity contribution is 5.97. The van der Waals surface area contributed by atoms with Crippen molar-refractivity contribution in [2.24, 2.45) is 0 Å². The maximum absolute atomic E-state index is 13.8. The summed E-state index contributed by atoms with van der Waals surface area (Å²) in [6.07, 6.45) is 3.91. The van der Waals surface area contributed by atoms with E-state index in [2.05, 4.69) is 5.32 Å². The second-order valence-electron chi connectivity index (χ2n) is 8.49. The average molecular weight is 444 g/mol. The lowest BCUT2D eigenvalue weighted by molar-refractivity contribution is -0.236. The second kappa shape index (κ2) is 7.49. The van der Waals surface area contributed by atoms with Crippen LogP contribution in [0.5, 0.6) is 0 Å². The van der Waals surface area contributed by atoms with Crippen molar-refractivity contribution in [1.82, 2.24) is 19.7 Å². The Kier molecular flexibility index (Phi) is 4.86. The number of fused-ring (bicyclic) bond motifs is 4. The van der Waals surface area contributed by atoms with Crippen molar-refractivity contribution < 1.29 is 23.5 Å². The van der Waals surface area contributed by atoms with Gasteiger partial charge in [0.25, 0.3) is 11.8 Å². The molecule has 0 spiro atoms. The third-order valence-corrected chi connectivity index (χ3v) is 6.63. The van der Waals surface area contributed by atoms with E-state index in [9.17, 15) is 28.3 Å². The molecule has 0 radical (unpaired) electrons. The van der Waals surface area contributed by atoms with E-state index in [0.29, 0.717) is 19.2 Å². The normalized spacial score (nSPS) is 24.7. The summed E-state index contributed by atoms with van der Waals surface area (Å²) in [6.45, 7) is 0.836. The molecule has 0 aliphatic carbocycles. The predicted molar refractivity (Wildman–Crippen MR) is 109 cm³/mol. The van der Waals surface area contributed by atoms with Gasteiger partial charge in [0.2, 0.25) is 5.85 Å². The Morgan fingerprint density at radius 3 is 2.78 bits per heavy atom. The number of aliphatic hydroxyl groups is 1. The standard InChI is InChI=1S/C22H22F2N4O4/c23-14-4-3-13(17(24)8-14)10-25-20(30)16-11-26-12-22(32)27-6-1-2-15(27)5-7-28(22)21(31)18(26)9-19(16)29/h3-4,8-9,11,15,32H,1-2,5-7,10,12H2,(H,25,30)/t15-,22-/m0/s1. The number of carbonyl (C=O) groups excluding carboxylic acids is 2. The van der Waals surface area contributed by atoms with Crippen LogP contribution < -0.4 is 10.7 Å². The molecule has 1 aromatic carbocycles. The van der Waals surface area contributed by atoms with E-state index in [0.717, 1.165) is 31.4 Å². The van der Waals surface area contributed by atoms with Crippen LogP contribution in [0.2, 0.25) is 0 Å². The number of nitrogens with zero attached hydrogens (tertiary/aromatic N) is 3. The molecule has 4 heterocycles. The number of rotatable bonds is 3. The van der Waals surface area contributed by atoms with Crippen LogP contribution in [0, 0.1) is 11.6 Å². The molecule has 0 bridgehead atoms. The Morgan fingerprint density at radius 1 is 1.19 bits per heavy atom. The number of hydrogen-bond acceptors (Lipinski definition) is 5. The van der Waals surface area contributed by atoms with Gasteiger partial charge < -0.3 is 15.0 Å². The van der Waals surface area contributed by atoms with Gasteiger partial charge in [-0.15, -0.1) is 0 Å². The summed E-state index contributed by atoms with van der Waals surface area (Å²) < 4.78 is 28.3. The first-order chi connectivity index (χ1) is 15.3. The minimum Gasteiger partial charge on any atom is -0.357 e. The lowest BCUT2D eigenvalue weighted by Gasteiger charge is -2.54.